The minimum atomic E-state index is -4.92. The number of aromatic nitrogens is 1. The number of rotatable bonds is 2. The molecule has 2 N–H and O–H groups in total. The first kappa shape index (κ1) is 12.2. The zero-order valence-electron chi connectivity index (χ0n) is 7.11. The highest BCUT2D eigenvalue weighted by Gasteiger charge is 2.33. The van der Waals surface area contributed by atoms with Crippen LogP contribution in [0.1, 0.15) is 5.56 Å². The lowest BCUT2D eigenvalue weighted by atomic mass is 10.2. The zero-order valence-corrected chi connectivity index (χ0v) is 8.69. The third-order valence-electron chi connectivity index (χ3n) is 1.44. The summed E-state index contributed by atoms with van der Waals surface area (Å²) in [5, 5.41) is 0. The number of ether oxygens (including phenoxy) is 1. The average Bonchev–Trinajstić information content (AvgIpc) is 2.10. The molecule has 0 fully saturated rings. The van der Waals surface area contributed by atoms with Gasteiger partial charge in [0.25, 0.3) is 0 Å². The van der Waals surface area contributed by atoms with Gasteiger partial charge in [0.1, 0.15) is 5.82 Å². The number of hydrogen-bond acceptors (Lipinski definition) is 3. The van der Waals surface area contributed by atoms with Gasteiger partial charge in [-0.3, -0.25) is 0 Å². The predicted molar refractivity (Wildman–Crippen MR) is 46.5 cm³/mol. The van der Waals surface area contributed by atoms with Gasteiger partial charge in [-0.05, 0) is 15.9 Å². The summed E-state index contributed by atoms with van der Waals surface area (Å²) in [4.78, 5) is 3.29. The van der Waals surface area contributed by atoms with Crippen molar-refractivity contribution in [3.8, 4) is 5.88 Å². The second kappa shape index (κ2) is 4.31. The topological polar surface area (TPSA) is 48.1 Å². The third kappa shape index (κ3) is 3.03. The van der Waals surface area contributed by atoms with E-state index in [-0.39, 0.29) is 4.47 Å². The summed E-state index contributed by atoms with van der Waals surface area (Å²) < 4.78 is 52.2. The van der Waals surface area contributed by atoms with Gasteiger partial charge in [0.2, 0.25) is 5.88 Å². The fourth-order valence-electron chi connectivity index (χ4n) is 0.862. The molecule has 1 rings (SSSR count). The van der Waals surface area contributed by atoms with Crippen LogP contribution >= 0.6 is 15.9 Å². The quantitative estimate of drug-likeness (QED) is 0.850. The molecule has 8 heteroatoms. The molecule has 0 unspecified atom stereocenters. The van der Waals surface area contributed by atoms with Gasteiger partial charge < -0.3 is 10.5 Å². The Morgan fingerprint density at radius 3 is 2.53 bits per heavy atom. The molecule has 1 aromatic heterocycles. The molecule has 0 aromatic carbocycles. The summed E-state index contributed by atoms with van der Waals surface area (Å²) >= 11 is 2.77. The van der Waals surface area contributed by atoms with E-state index in [0.717, 1.165) is 6.20 Å². The minimum absolute atomic E-state index is 0.0718. The van der Waals surface area contributed by atoms with Crippen LogP contribution in [0.4, 0.5) is 17.6 Å². The van der Waals surface area contributed by atoms with Crippen LogP contribution in [0.3, 0.4) is 0 Å². The molecule has 0 saturated heterocycles. The highest BCUT2D eigenvalue weighted by atomic mass is 79.9. The van der Waals surface area contributed by atoms with Gasteiger partial charge in [-0.25, -0.2) is 9.37 Å². The van der Waals surface area contributed by atoms with Crippen LogP contribution in [0, 0.1) is 5.82 Å². The van der Waals surface area contributed by atoms with E-state index in [1.54, 1.807) is 0 Å². The number of nitrogens with zero attached hydrogens (tertiary/aromatic N) is 1. The first-order chi connectivity index (χ1) is 6.85. The molecule has 0 atom stereocenters. The molecule has 0 radical (unpaired) electrons. The van der Waals surface area contributed by atoms with E-state index in [1.807, 2.05) is 0 Å². The summed E-state index contributed by atoms with van der Waals surface area (Å²) in [5.41, 5.74) is 4.66. The SMILES string of the molecule is NCc1c(OC(F)(F)F)ncc(Br)c1F. The van der Waals surface area contributed by atoms with Crippen LogP contribution in [0.25, 0.3) is 0 Å². The van der Waals surface area contributed by atoms with Gasteiger partial charge in [0.05, 0.1) is 10.0 Å². The van der Waals surface area contributed by atoms with Crippen LogP contribution < -0.4 is 10.5 Å². The molecule has 0 aliphatic heterocycles. The largest absolute Gasteiger partial charge is 0.574 e. The number of alkyl halides is 3. The van der Waals surface area contributed by atoms with Crippen molar-refractivity contribution in [1.29, 1.82) is 0 Å². The molecule has 0 aliphatic rings. The Balaban J connectivity index is 3.14. The Morgan fingerprint density at radius 1 is 1.47 bits per heavy atom. The molecule has 0 bridgehead atoms. The van der Waals surface area contributed by atoms with E-state index in [1.165, 1.54) is 0 Å². The van der Waals surface area contributed by atoms with Gasteiger partial charge in [0, 0.05) is 12.7 Å². The van der Waals surface area contributed by atoms with E-state index in [9.17, 15) is 17.6 Å². The second-order valence-corrected chi connectivity index (χ2v) is 3.31. The van der Waals surface area contributed by atoms with Crippen molar-refractivity contribution in [3.05, 3.63) is 22.1 Å². The second-order valence-electron chi connectivity index (χ2n) is 2.46. The maximum Gasteiger partial charge on any atom is 0.574 e. The minimum Gasteiger partial charge on any atom is -0.387 e. The van der Waals surface area contributed by atoms with E-state index in [2.05, 4.69) is 25.7 Å². The molecule has 84 valence electrons. The lowest BCUT2D eigenvalue weighted by Crippen LogP contribution is -2.20. The molecule has 1 heterocycles. The van der Waals surface area contributed by atoms with Crippen molar-refractivity contribution in [2.24, 2.45) is 5.73 Å². The van der Waals surface area contributed by atoms with Crippen molar-refractivity contribution >= 4 is 15.9 Å². The summed E-state index contributed by atoms with van der Waals surface area (Å²) in [7, 11) is 0. The Hall–Kier alpha value is -0.890. The summed E-state index contributed by atoms with van der Waals surface area (Å²) in [6.07, 6.45) is -4.05. The van der Waals surface area contributed by atoms with Crippen molar-refractivity contribution in [2.45, 2.75) is 12.9 Å². The lowest BCUT2D eigenvalue weighted by Gasteiger charge is -2.11. The third-order valence-corrected chi connectivity index (χ3v) is 2.00. The highest BCUT2D eigenvalue weighted by Crippen LogP contribution is 2.28. The van der Waals surface area contributed by atoms with Crippen molar-refractivity contribution in [1.82, 2.24) is 4.98 Å². The maximum atomic E-state index is 13.2. The molecule has 15 heavy (non-hydrogen) atoms. The van der Waals surface area contributed by atoms with Crippen molar-refractivity contribution in [3.63, 3.8) is 0 Å². The molecular formula is C7H5BrF4N2O. The average molecular weight is 289 g/mol. The molecule has 3 nitrogen and oxygen atoms in total. The molecule has 0 saturated carbocycles. The number of halogens is 5. The van der Waals surface area contributed by atoms with Gasteiger partial charge in [-0.1, -0.05) is 0 Å². The normalized spacial score (nSPS) is 11.6. The molecule has 1 aromatic rings. The fraction of sp³-hybridized carbons (Fsp3) is 0.286. The van der Waals surface area contributed by atoms with E-state index in [0.29, 0.717) is 0 Å². The Bertz CT molecular complexity index is 369. The van der Waals surface area contributed by atoms with Crippen LogP contribution in [-0.2, 0) is 6.54 Å². The van der Waals surface area contributed by atoms with Gasteiger partial charge in [-0.15, -0.1) is 13.2 Å². The Labute approximate surface area is 90.4 Å². The molecular weight excluding hydrogens is 284 g/mol. The maximum absolute atomic E-state index is 13.2. The predicted octanol–water partition coefficient (Wildman–Crippen LogP) is 2.34. The monoisotopic (exact) mass is 288 g/mol. The number of nitrogens with two attached hydrogens (primary N) is 1. The first-order valence-electron chi connectivity index (χ1n) is 3.64. The van der Waals surface area contributed by atoms with E-state index >= 15 is 0 Å². The van der Waals surface area contributed by atoms with Gasteiger partial charge >= 0.3 is 6.36 Å². The van der Waals surface area contributed by atoms with Gasteiger partial charge in [0.15, 0.2) is 0 Å². The first-order valence-corrected chi connectivity index (χ1v) is 4.43. The highest BCUT2D eigenvalue weighted by molar-refractivity contribution is 9.10. The van der Waals surface area contributed by atoms with Crippen LogP contribution in [-0.4, -0.2) is 11.3 Å². The van der Waals surface area contributed by atoms with Crippen LogP contribution in [0.2, 0.25) is 0 Å². The number of hydrogen-bond donors (Lipinski definition) is 1. The summed E-state index contributed by atoms with van der Waals surface area (Å²) in [6.45, 7) is -0.441. The fourth-order valence-corrected chi connectivity index (χ4v) is 1.20. The van der Waals surface area contributed by atoms with Crippen molar-refractivity contribution in [2.75, 3.05) is 0 Å². The number of pyridine rings is 1. The Morgan fingerprint density at radius 2 is 2.07 bits per heavy atom. The summed E-state index contributed by atoms with van der Waals surface area (Å²) in [5.74, 6) is -1.78. The van der Waals surface area contributed by atoms with E-state index in [4.69, 9.17) is 5.73 Å². The van der Waals surface area contributed by atoms with Crippen molar-refractivity contribution < 1.29 is 22.3 Å². The smallest absolute Gasteiger partial charge is 0.387 e. The lowest BCUT2D eigenvalue weighted by molar-refractivity contribution is -0.276. The zero-order chi connectivity index (χ0) is 11.6. The molecule has 0 amide bonds. The van der Waals surface area contributed by atoms with Crippen LogP contribution in [0.5, 0.6) is 5.88 Å². The van der Waals surface area contributed by atoms with Gasteiger partial charge in [-0.2, -0.15) is 0 Å². The molecule has 0 aliphatic carbocycles. The molecule has 0 spiro atoms. The van der Waals surface area contributed by atoms with E-state index < -0.39 is 30.2 Å². The van der Waals surface area contributed by atoms with Crippen LogP contribution in [0.15, 0.2) is 10.7 Å². The Kier molecular flexibility index (Phi) is 3.50. The summed E-state index contributed by atoms with van der Waals surface area (Å²) in [6, 6.07) is 0. The standard InChI is InChI=1S/C7H5BrF4N2O/c8-4-2-14-6(15-7(10,11)12)3(1-13)5(4)9/h2H,1,13H2.